The third kappa shape index (κ3) is 8.01. The van der Waals surface area contributed by atoms with E-state index in [-0.39, 0.29) is 25.7 Å². The van der Waals surface area contributed by atoms with Crippen LogP contribution in [0.1, 0.15) is 25.7 Å². The van der Waals surface area contributed by atoms with E-state index in [0.29, 0.717) is 0 Å². The minimum absolute atomic E-state index is 0.159. The fourth-order valence-corrected chi connectivity index (χ4v) is 3.36. The highest BCUT2D eigenvalue weighted by atomic mass is 32.2. The third-order valence-electron chi connectivity index (χ3n) is 2.82. The Morgan fingerprint density at radius 2 is 1.13 bits per heavy atom. The molecule has 0 aliphatic carbocycles. The Balaban J connectivity index is 5.44. The molecule has 0 spiro atoms. The van der Waals surface area contributed by atoms with Crippen LogP contribution in [0.5, 0.6) is 0 Å². The predicted molar refractivity (Wildman–Crippen MR) is 82.6 cm³/mol. The first kappa shape index (κ1) is 22.2. The van der Waals surface area contributed by atoms with Crippen LogP contribution in [0.3, 0.4) is 0 Å². The summed E-state index contributed by atoms with van der Waals surface area (Å²) in [6.07, 6.45) is -0.938. The largest absolute Gasteiger partial charge is 0.389 e. The molecule has 23 heavy (non-hydrogen) atoms. The summed E-state index contributed by atoms with van der Waals surface area (Å²) >= 11 is 0. The molecule has 0 heterocycles. The maximum Gasteiger partial charge on any atom is 0.295 e. The van der Waals surface area contributed by atoms with E-state index in [2.05, 4.69) is 17.9 Å². The zero-order chi connectivity index (χ0) is 18.3. The second-order valence-electron chi connectivity index (χ2n) is 4.77. The van der Waals surface area contributed by atoms with E-state index in [4.69, 9.17) is 9.11 Å². The third-order valence-corrected chi connectivity index (χ3v) is 4.84. The summed E-state index contributed by atoms with van der Waals surface area (Å²) in [7, 11) is -10.0. The van der Waals surface area contributed by atoms with Gasteiger partial charge >= 0.3 is 0 Å². The Bertz CT molecular complexity index is 530. The van der Waals surface area contributed by atoms with Crippen LogP contribution in [0, 0.1) is 0 Å². The zero-order valence-electron chi connectivity index (χ0n) is 12.4. The van der Waals surface area contributed by atoms with E-state index in [1.165, 1.54) is 12.2 Å². The molecule has 0 fully saturated rings. The lowest BCUT2D eigenvalue weighted by Gasteiger charge is -2.27. The van der Waals surface area contributed by atoms with Gasteiger partial charge in [-0.15, -0.1) is 13.2 Å². The van der Waals surface area contributed by atoms with Crippen LogP contribution < -0.4 is 0 Å². The Kier molecular flexibility index (Phi) is 9.13. The van der Waals surface area contributed by atoms with E-state index >= 15 is 0 Å². The molecule has 0 amide bonds. The van der Waals surface area contributed by atoms with Crippen molar-refractivity contribution in [2.75, 3.05) is 0 Å². The molecule has 0 aliphatic rings. The molecule has 0 aliphatic heterocycles. The van der Waals surface area contributed by atoms with E-state index in [9.17, 15) is 27.0 Å². The maximum atomic E-state index is 11.3. The van der Waals surface area contributed by atoms with Crippen LogP contribution >= 0.6 is 0 Å². The van der Waals surface area contributed by atoms with Gasteiger partial charge in [-0.3, -0.25) is 9.11 Å². The summed E-state index contributed by atoms with van der Waals surface area (Å²) in [5.74, 6) is 0. The average Bonchev–Trinajstić information content (AvgIpc) is 2.40. The summed E-state index contributed by atoms with van der Waals surface area (Å²) in [6.45, 7) is 6.73. The van der Waals surface area contributed by atoms with Crippen molar-refractivity contribution in [3.8, 4) is 0 Å². The van der Waals surface area contributed by atoms with Gasteiger partial charge < -0.3 is 14.9 Å². The Morgan fingerprint density at radius 3 is 1.35 bits per heavy atom. The summed E-state index contributed by atoms with van der Waals surface area (Å²) in [5.41, 5.74) is -4.71. The van der Waals surface area contributed by atoms with E-state index < -0.39 is 43.3 Å². The SMILES string of the molecule is C=CCCC(O)C(OC(C(O)CCC=C)S(=O)(=O)O)S(=O)(=O)O. The summed E-state index contributed by atoms with van der Waals surface area (Å²) in [4.78, 5) is 0. The molecule has 0 rings (SSSR count). The first-order chi connectivity index (χ1) is 10.4. The van der Waals surface area contributed by atoms with E-state index in [1.54, 1.807) is 0 Å². The zero-order valence-corrected chi connectivity index (χ0v) is 14.0. The van der Waals surface area contributed by atoms with Crippen molar-refractivity contribution in [3.63, 3.8) is 0 Å². The van der Waals surface area contributed by atoms with Gasteiger partial charge in [-0.05, 0) is 25.7 Å². The molecule has 0 aromatic rings. The molecule has 11 heteroatoms. The molecule has 0 saturated heterocycles. The lowest BCUT2D eigenvalue weighted by Crippen LogP contribution is -2.45. The number of aliphatic hydroxyl groups is 2. The van der Waals surface area contributed by atoms with Crippen molar-refractivity contribution in [2.24, 2.45) is 0 Å². The molecular formula is C12H22O9S2. The predicted octanol–water partition coefficient (Wildman–Crippen LogP) is 0.0850. The number of allylic oxidation sites excluding steroid dienone is 2. The maximum absolute atomic E-state index is 11.3. The molecule has 0 aromatic carbocycles. The van der Waals surface area contributed by atoms with Crippen LogP contribution in [0.15, 0.2) is 25.3 Å². The molecule has 0 radical (unpaired) electrons. The summed E-state index contributed by atoms with van der Waals surface area (Å²) in [6, 6.07) is 0. The molecule has 4 unspecified atom stereocenters. The van der Waals surface area contributed by atoms with Gasteiger partial charge in [-0.25, -0.2) is 0 Å². The highest BCUT2D eigenvalue weighted by Gasteiger charge is 2.41. The first-order valence-electron chi connectivity index (χ1n) is 6.61. The van der Waals surface area contributed by atoms with Gasteiger partial charge in [-0.2, -0.15) is 16.8 Å². The normalized spacial score (nSPS) is 17.9. The van der Waals surface area contributed by atoms with Gasteiger partial charge in [0.25, 0.3) is 20.2 Å². The quantitative estimate of drug-likeness (QED) is 0.274. The van der Waals surface area contributed by atoms with Gasteiger partial charge in [0.2, 0.25) is 10.9 Å². The monoisotopic (exact) mass is 374 g/mol. The lowest BCUT2D eigenvalue weighted by atomic mass is 10.2. The van der Waals surface area contributed by atoms with Crippen LogP contribution in [0.25, 0.3) is 0 Å². The summed E-state index contributed by atoms with van der Waals surface area (Å²) < 4.78 is 68.1. The van der Waals surface area contributed by atoms with Crippen molar-refractivity contribution in [1.82, 2.24) is 0 Å². The van der Waals surface area contributed by atoms with Crippen LogP contribution in [0.4, 0.5) is 0 Å². The number of hydrogen-bond donors (Lipinski definition) is 4. The van der Waals surface area contributed by atoms with Crippen molar-refractivity contribution >= 4 is 20.2 Å². The van der Waals surface area contributed by atoms with E-state index in [1.807, 2.05) is 0 Å². The molecule has 0 aromatic heterocycles. The first-order valence-corrected chi connectivity index (χ1v) is 9.61. The Hall–Kier alpha value is -0.820. The van der Waals surface area contributed by atoms with Crippen molar-refractivity contribution in [1.29, 1.82) is 0 Å². The number of aliphatic hydroxyl groups excluding tert-OH is 2. The molecule has 4 N–H and O–H groups in total. The highest BCUT2D eigenvalue weighted by Crippen LogP contribution is 2.20. The second kappa shape index (κ2) is 9.47. The Labute approximate surface area is 135 Å². The topological polar surface area (TPSA) is 158 Å². The summed E-state index contributed by atoms with van der Waals surface area (Å²) in [5, 5.41) is 19.5. The lowest BCUT2D eigenvalue weighted by molar-refractivity contribution is -0.0573. The Morgan fingerprint density at radius 1 is 0.826 bits per heavy atom. The molecule has 136 valence electrons. The molecule has 9 nitrogen and oxygen atoms in total. The molecule has 0 saturated carbocycles. The van der Waals surface area contributed by atoms with Gasteiger partial charge in [0.05, 0.1) is 12.2 Å². The average molecular weight is 374 g/mol. The smallest absolute Gasteiger partial charge is 0.295 e. The molecule has 4 atom stereocenters. The second-order valence-corrected chi connectivity index (χ2v) is 7.76. The fraction of sp³-hybridized carbons (Fsp3) is 0.667. The number of hydrogen-bond acceptors (Lipinski definition) is 7. The molecule has 0 bridgehead atoms. The highest BCUT2D eigenvalue weighted by molar-refractivity contribution is 7.87. The van der Waals surface area contributed by atoms with Gasteiger partial charge in [0.15, 0.2) is 0 Å². The van der Waals surface area contributed by atoms with Crippen molar-refractivity contribution < 1.29 is 40.9 Å². The van der Waals surface area contributed by atoms with Crippen molar-refractivity contribution in [3.05, 3.63) is 25.3 Å². The number of ether oxygens (including phenoxy) is 1. The minimum atomic E-state index is -5.02. The van der Waals surface area contributed by atoms with Crippen LogP contribution in [0.2, 0.25) is 0 Å². The molecular weight excluding hydrogens is 352 g/mol. The van der Waals surface area contributed by atoms with Crippen LogP contribution in [-0.2, 0) is 25.0 Å². The number of rotatable bonds is 12. The van der Waals surface area contributed by atoms with E-state index in [0.717, 1.165) is 0 Å². The standard InChI is InChI=1S/C12H22O9S2/c1-3-5-7-9(13)11(22(15,16)17)21-12(23(18,19)20)10(14)8-6-4-2/h3-4,9-14H,1-2,5-8H2,(H,15,16,17)(H,18,19,20). The van der Waals surface area contributed by atoms with Gasteiger partial charge in [-0.1, -0.05) is 12.2 Å². The van der Waals surface area contributed by atoms with Gasteiger partial charge in [0, 0.05) is 0 Å². The van der Waals surface area contributed by atoms with Crippen LogP contribution in [-0.4, -0.2) is 59.2 Å². The van der Waals surface area contributed by atoms with Crippen molar-refractivity contribution in [2.45, 2.75) is 48.8 Å². The fourth-order valence-electron chi connectivity index (χ4n) is 1.70. The van der Waals surface area contributed by atoms with Gasteiger partial charge in [0.1, 0.15) is 0 Å². The minimum Gasteiger partial charge on any atom is -0.389 e.